The van der Waals surface area contributed by atoms with Gasteiger partial charge in [-0.15, -0.1) is 0 Å². The number of nitrogens with zero attached hydrogens (tertiary/aromatic N) is 1. The lowest BCUT2D eigenvalue weighted by Crippen LogP contribution is -2.50. The lowest BCUT2D eigenvalue weighted by molar-refractivity contribution is -0.384. The van der Waals surface area contributed by atoms with Gasteiger partial charge in [0.1, 0.15) is 0 Å². The van der Waals surface area contributed by atoms with Gasteiger partial charge in [0, 0.05) is 23.3 Å². The van der Waals surface area contributed by atoms with Gasteiger partial charge in [0.05, 0.1) is 10.6 Å². The Labute approximate surface area is 170 Å². The molecule has 13 heteroatoms. The van der Waals surface area contributed by atoms with Crippen LogP contribution in [0.25, 0.3) is 0 Å². The number of nitro benzene ring substituents is 1. The van der Waals surface area contributed by atoms with Crippen LogP contribution in [0.15, 0.2) is 36.4 Å². The molecule has 2 N–H and O–H groups in total. The molecule has 0 spiro atoms. The maximum Gasteiger partial charge on any atom is 0.435 e. The molecular formula is C18H14F7N3O3. The van der Waals surface area contributed by atoms with Crippen LogP contribution >= 0.6 is 0 Å². The van der Waals surface area contributed by atoms with Crippen molar-refractivity contribution in [1.29, 1.82) is 0 Å². The van der Waals surface area contributed by atoms with Crippen LogP contribution in [0.4, 0.5) is 42.1 Å². The monoisotopic (exact) mass is 453 g/mol. The van der Waals surface area contributed by atoms with Gasteiger partial charge in [-0.1, -0.05) is 18.2 Å². The molecule has 31 heavy (non-hydrogen) atoms. The Morgan fingerprint density at radius 3 is 1.90 bits per heavy atom. The molecule has 0 saturated heterocycles. The van der Waals surface area contributed by atoms with Crippen molar-refractivity contribution in [3.05, 3.63) is 68.8 Å². The van der Waals surface area contributed by atoms with Crippen molar-refractivity contribution in [2.24, 2.45) is 0 Å². The number of alkyl halides is 7. The molecule has 0 unspecified atom stereocenters. The van der Waals surface area contributed by atoms with E-state index >= 15 is 0 Å². The summed E-state index contributed by atoms with van der Waals surface area (Å²) >= 11 is 0. The second kappa shape index (κ2) is 8.04. The third-order valence-electron chi connectivity index (χ3n) is 4.33. The normalized spacial score (nSPS) is 12.4. The van der Waals surface area contributed by atoms with Gasteiger partial charge in [0.2, 0.25) is 0 Å². The summed E-state index contributed by atoms with van der Waals surface area (Å²) in [6.07, 6.45) is -12.5. The minimum atomic E-state index is -6.25. The average molecular weight is 453 g/mol. The van der Waals surface area contributed by atoms with E-state index < -0.39 is 34.4 Å². The molecule has 0 bridgehead atoms. The predicted octanol–water partition coefficient (Wildman–Crippen LogP) is 5.26. The van der Waals surface area contributed by atoms with Gasteiger partial charge in [-0.2, -0.15) is 26.3 Å². The lowest BCUT2D eigenvalue weighted by atomic mass is 9.90. The Bertz CT molecular complexity index is 982. The molecule has 0 aliphatic heterocycles. The van der Waals surface area contributed by atoms with E-state index in [2.05, 4.69) is 10.9 Å². The van der Waals surface area contributed by atoms with Crippen molar-refractivity contribution in [1.82, 2.24) is 5.43 Å². The molecule has 0 aliphatic carbocycles. The highest BCUT2D eigenvalue weighted by molar-refractivity contribution is 5.95. The number of nitro groups is 1. The minimum absolute atomic E-state index is 0.0748. The van der Waals surface area contributed by atoms with E-state index in [1.807, 2.05) is 0 Å². The first-order valence-electron chi connectivity index (χ1n) is 8.34. The molecule has 0 atom stereocenters. The second-order valence-electron chi connectivity index (χ2n) is 6.53. The summed E-state index contributed by atoms with van der Waals surface area (Å²) < 4.78 is 92.1. The number of rotatable bonds is 5. The van der Waals surface area contributed by atoms with Gasteiger partial charge in [0.15, 0.2) is 0 Å². The van der Waals surface area contributed by atoms with Crippen molar-refractivity contribution in [3.8, 4) is 0 Å². The number of amides is 1. The Balaban J connectivity index is 2.34. The molecular weight excluding hydrogens is 439 g/mol. The Morgan fingerprint density at radius 2 is 1.45 bits per heavy atom. The summed E-state index contributed by atoms with van der Waals surface area (Å²) in [5.74, 6) is -0.864. The van der Waals surface area contributed by atoms with Crippen molar-refractivity contribution in [2.75, 3.05) is 5.43 Å². The van der Waals surface area contributed by atoms with Crippen LogP contribution in [0.1, 0.15) is 27.0 Å². The third-order valence-corrected chi connectivity index (χ3v) is 4.33. The molecule has 0 aliphatic rings. The topological polar surface area (TPSA) is 84.3 Å². The summed E-state index contributed by atoms with van der Waals surface area (Å²) in [6, 6.07) is 5.34. The summed E-state index contributed by atoms with van der Waals surface area (Å²) in [7, 11) is 0. The van der Waals surface area contributed by atoms with E-state index in [1.165, 1.54) is 12.1 Å². The SMILES string of the molecule is Cc1cc(C(F)(C(F)(F)F)C(F)(F)F)cc(C)c1NNC(=O)c1cccc([N+](=O)[O-])c1. The first-order valence-corrected chi connectivity index (χ1v) is 8.34. The van der Waals surface area contributed by atoms with Crippen molar-refractivity contribution in [3.63, 3.8) is 0 Å². The molecule has 0 saturated carbocycles. The molecule has 0 fully saturated rings. The summed E-state index contributed by atoms with van der Waals surface area (Å²) in [4.78, 5) is 22.2. The summed E-state index contributed by atoms with van der Waals surface area (Å²) in [5, 5.41) is 10.8. The number of aryl methyl sites for hydroxylation is 2. The standard InChI is InChI=1S/C18H14F7N3O3/c1-9-6-12(16(19,17(20,21)22)18(23,24)25)7-10(2)14(9)26-27-15(29)11-4-3-5-13(8-11)28(30)31/h3-8,26H,1-2H3,(H,27,29). The molecule has 0 radical (unpaired) electrons. The van der Waals surface area contributed by atoms with Crippen LogP contribution < -0.4 is 10.9 Å². The molecule has 6 nitrogen and oxygen atoms in total. The molecule has 2 rings (SSSR count). The van der Waals surface area contributed by atoms with E-state index in [9.17, 15) is 45.6 Å². The second-order valence-corrected chi connectivity index (χ2v) is 6.53. The van der Waals surface area contributed by atoms with E-state index in [0.717, 1.165) is 26.0 Å². The fourth-order valence-corrected chi connectivity index (χ4v) is 2.80. The van der Waals surface area contributed by atoms with Gasteiger partial charge >= 0.3 is 18.0 Å². The van der Waals surface area contributed by atoms with Crippen molar-refractivity contribution in [2.45, 2.75) is 31.9 Å². The number of carbonyl (C=O) groups excluding carboxylic acids is 1. The number of benzene rings is 2. The average Bonchev–Trinajstić information content (AvgIpc) is 2.64. The number of hydrogen-bond acceptors (Lipinski definition) is 4. The first kappa shape index (κ1) is 23.9. The smallest absolute Gasteiger partial charge is 0.298 e. The van der Waals surface area contributed by atoms with Gasteiger partial charge in [-0.05, 0) is 31.0 Å². The van der Waals surface area contributed by atoms with Gasteiger partial charge in [0.25, 0.3) is 11.6 Å². The molecule has 2 aromatic rings. The zero-order valence-corrected chi connectivity index (χ0v) is 15.8. The molecule has 168 valence electrons. The third kappa shape index (κ3) is 4.54. The Hall–Kier alpha value is -3.38. The number of hydrogen-bond donors (Lipinski definition) is 2. The first-order chi connectivity index (χ1) is 14.1. The maximum absolute atomic E-state index is 14.3. The zero-order chi connectivity index (χ0) is 23.8. The van der Waals surface area contributed by atoms with E-state index in [4.69, 9.17) is 0 Å². The molecule has 2 aromatic carbocycles. The number of non-ortho nitro benzene ring substituents is 1. The quantitative estimate of drug-likeness (QED) is 0.368. The minimum Gasteiger partial charge on any atom is -0.298 e. The van der Waals surface area contributed by atoms with E-state index in [0.29, 0.717) is 12.1 Å². The van der Waals surface area contributed by atoms with Gasteiger partial charge in [-0.3, -0.25) is 25.8 Å². The van der Waals surface area contributed by atoms with Crippen molar-refractivity contribution >= 4 is 17.3 Å². The lowest BCUT2D eigenvalue weighted by Gasteiger charge is -2.31. The maximum atomic E-state index is 14.3. The largest absolute Gasteiger partial charge is 0.435 e. The summed E-state index contributed by atoms with van der Waals surface area (Å²) in [6.45, 7) is 2.23. The zero-order valence-electron chi connectivity index (χ0n) is 15.8. The van der Waals surface area contributed by atoms with Crippen LogP contribution in [-0.2, 0) is 5.67 Å². The number of carbonyl (C=O) groups is 1. The fourth-order valence-electron chi connectivity index (χ4n) is 2.80. The van der Waals surface area contributed by atoms with Crippen LogP contribution in [-0.4, -0.2) is 23.2 Å². The van der Waals surface area contributed by atoms with Gasteiger partial charge in [-0.25, -0.2) is 4.39 Å². The van der Waals surface area contributed by atoms with E-state index in [-0.39, 0.29) is 28.1 Å². The number of nitrogens with one attached hydrogen (secondary N) is 2. The van der Waals surface area contributed by atoms with Crippen LogP contribution in [0.5, 0.6) is 0 Å². The highest BCUT2D eigenvalue weighted by atomic mass is 19.4. The predicted molar refractivity (Wildman–Crippen MR) is 95.0 cm³/mol. The van der Waals surface area contributed by atoms with Gasteiger partial charge < -0.3 is 0 Å². The summed E-state index contributed by atoms with van der Waals surface area (Å²) in [5.41, 5.74) is -3.79. The highest BCUT2D eigenvalue weighted by Gasteiger charge is 2.73. The highest BCUT2D eigenvalue weighted by Crippen LogP contribution is 2.53. The number of anilines is 1. The molecule has 1 amide bonds. The number of hydrazine groups is 1. The molecule has 0 aromatic heterocycles. The van der Waals surface area contributed by atoms with Crippen LogP contribution in [0, 0.1) is 24.0 Å². The fraction of sp³-hybridized carbons (Fsp3) is 0.278. The van der Waals surface area contributed by atoms with Crippen LogP contribution in [0.2, 0.25) is 0 Å². The number of halogens is 7. The van der Waals surface area contributed by atoms with Crippen LogP contribution in [0.3, 0.4) is 0 Å². The molecule has 0 heterocycles. The Kier molecular flexibility index (Phi) is 6.20. The van der Waals surface area contributed by atoms with E-state index in [1.54, 1.807) is 0 Å². The van der Waals surface area contributed by atoms with Crippen molar-refractivity contribution < 1.29 is 40.5 Å². The Morgan fingerprint density at radius 1 is 0.935 bits per heavy atom.